The second-order valence-corrected chi connectivity index (χ2v) is 10.1. The summed E-state index contributed by atoms with van der Waals surface area (Å²) in [4.78, 5) is 27.8. The lowest BCUT2D eigenvalue weighted by Crippen LogP contribution is -2.36. The lowest BCUT2D eigenvalue weighted by atomic mass is 9.96. The summed E-state index contributed by atoms with van der Waals surface area (Å²) < 4.78 is 0. The number of carboxylic acids is 1. The molecule has 0 saturated heterocycles. The minimum absolute atomic E-state index is 0.207. The fourth-order valence-corrected chi connectivity index (χ4v) is 5.13. The SMILES string of the molecule is O=C(O)CC(c1ccc(-c2ccccc2)cc1)N(Cc1cccc2ccccc12)C(=O)c1ccc(Cl)c(Cl)c1. The Morgan fingerprint density at radius 1 is 0.718 bits per heavy atom. The maximum Gasteiger partial charge on any atom is 0.305 e. The molecule has 1 N–H and O–H groups in total. The van der Waals surface area contributed by atoms with Gasteiger partial charge in [0.2, 0.25) is 0 Å². The summed E-state index contributed by atoms with van der Waals surface area (Å²) in [6.45, 7) is 0.207. The normalized spacial score (nSPS) is 11.7. The Hall–Kier alpha value is -4.12. The van der Waals surface area contributed by atoms with E-state index in [0.717, 1.165) is 33.0 Å². The van der Waals surface area contributed by atoms with Crippen molar-refractivity contribution < 1.29 is 14.7 Å². The molecule has 5 rings (SSSR count). The van der Waals surface area contributed by atoms with Crippen LogP contribution >= 0.6 is 23.2 Å². The molecule has 0 aromatic heterocycles. The topological polar surface area (TPSA) is 57.6 Å². The zero-order valence-electron chi connectivity index (χ0n) is 20.9. The number of carboxylic acid groups (broad SMARTS) is 1. The number of aliphatic carboxylic acids is 1. The van der Waals surface area contributed by atoms with Crippen LogP contribution in [0.15, 0.2) is 115 Å². The first-order valence-corrected chi connectivity index (χ1v) is 13.3. The van der Waals surface area contributed by atoms with Gasteiger partial charge in [-0.1, -0.05) is 120 Å². The lowest BCUT2D eigenvalue weighted by Gasteiger charge is -2.32. The molecule has 0 fully saturated rings. The molecule has 0 spiro atoms. The molecule has 5 aromatic carbocycles. The number of nitrogens with zero attached hydrogens (tertiary/aromatic N) is 1. The first-order chi connectivity index (χ1) is 18.9. The third-order valence-electron chi connectivity index (χ3n) is 6.79. The number of halogens is 2. The van der Waals surface area contributed by atoms with Gasteiger partial charge in [-0.25, -0.2) is 0 Å². The van der Waals surface area contributed by atoms with Crippen LogP contribution in [0.25, 0.3) is 21.9 Å². The van der Waals surface area contributed by atoms with Gasteiger partial charge in [0, 0.05) is 12.1 Å². The summed E-state index contributed by atoms with van der Waals surface area (Å²) in [7, 11) is 0. The number of hydrogen-bond acceptors (Lipinski definition) is 2. The number of hydrogen-bond donors (Lipinski definition) is 1. The van der Waals surface area contributed by atoms with Crippen LogP contribution < -0.4 is 0 Å². The van der Waals surface area contributed by atoms with E-state index in [0.29, 0.717) is 10.6 Å². The fraction of sp³-hybridized carbons (Fsp3) is 0.0909. The number of rotatable bonds is 8. The Morgan fingerprint density at radius 3 is 2.10 bits per heavy atom. The first-order valence-electron chi connectivity index (χ1n) is 12.5. The van der Waals surface area contributed by atoms with Crippen LogP contribution in [-0.2, 0) is 11.3 Å². The first kappa shape index (κ1) is 26.5. The average molecular weight is 554 g/mol. The number of amides is 1. The minimum Gasteiger partial charge on any atom is -0.481 e. The molecule has 5 aromatic rings. The van der Waals surface area contributed by atoms with Gasteiger partial charge in [-0.05, 0) is 51.2 Å². The predicted octanol–water partition coefficient (Wildman–Crippen LogP) is 8.67. The number of benzene rings is 5. The summed E-state index contributed by atoms with van der Waals surface area (Å²) >= 11 is 12.4. The van der Waals surface area contributed by atoms with Crippen molar-refractivity contribution in [2.75, 3.05) is 0 Å². The van der Waals surface area contributed by atoms with Crippen LogP contribution in [-0.4, -0.2) is 21.9 Å². The molecule has 1 unspecified atom stereocenters. The van der Waals surface area contributed by atoms with Crippen LogP contribution in [0.3, 0.4) is 0 Å². The van der Waals surface area contributed by atoms with Gasteiger partial charge in [-0.2, -0.15) is 0 Å². The quantitative estimate of drug-likeness (QED) is 0.209. The molecule has 1 atom stereocenters. The van der Waals surface area contributed by atoms with Crippen molar-refractivity contribution in [2.24, 2.45) is 0 Å². The maximum atomic E-state index is 14.1. The van der Waals surface area contributed by atoms with Crippen molar-refractivity contribution in [3.05, 3.63) is 142 Å². The molecule has 0 aliphatic heterocycles. The molecular weight excluding hydrogens is 529 g/mol. The summed E-state index contributed by atoms with van der Waals surface area (Å²) in [5.74, 6) is -1.34. The molecular formula is C33H25Cl2NO3. The lowest BCUT2D eigenvalue weighted by molar-refractivity contribution is -0.138. The van der Waals surface area contributed by atoms with E-state index >= 15 is 0 Å². The fourth-order valence-electron chi connectivity index (χ4n) is 4.83. The van der Waals surface area contributed by atoms with Gasteiger partial charge in [0.25, 0.3) is 5.91 Å². The third kappa shape index (κ3) is 5.98. The number of fused-ring (bicyclic) bond motifs is 1. The van der Waals surface area contributed by atoms with Gasteiger partial charge in [0.15, 0.2) is 0 Å². The molecule has 39 heavy (non-hydrogen) atoms. The van der Waals surface area contributed by atoms with Crippen LogP contribution in [0.1, 0.15) is 33.9 Å². The van der Waals surface area contributed by atoms with Gasteiger partial charge in [-0.15, -0.1) is 0 Å². The molecule has 4 nitrogen and oxygen atoms in total. The highest BCUT2D eigenvalue weighted by Crippen LogP contribution is 2.33. The molecule has 1 amide bonds. The smallest absolute Gasteiger partial charge is 0.305 e. The van der Waals surface area contributed by atoms with Crippen LogP contribution in [0.4, 0.5) is 0 Å². The van der Waals surface area contributed by atoms with E-state index in [1.807, 2.05) is 97.1 Å². The van der Waals surface area contributed by atoms with E-state index in [2.05, 4.69) is 0 Å². The average Bonchev–Trinajstić information content (AvgIpc) is 2.96. The second kappa shape index (κ2) is 11.7. The molecule has 0 heterocycles. The number of carbonyl (C=O) groups is 2. The maximum absolute atomic E-state index is 14.1. The molecule has 0 aliphatic rings. The van der Waals surface area contributed by atoms with Crippen molar-refractivity contribution in [2.45, 2.75) is 19.0 Å². The van der Waals surface area contributed by atoms with Crippen molar-refractivity contribution in [1.29, 1.82) is 0 Å². The molecule has 0 bridgehead atoms. The Balaban J connectivity index is 1.60. The van der Waals surface area contributed by atoms with Crippen molar-refractivity contribution in [3.63, 3.8) is 0 Å². The summed E-state index contributed by atoms with van der Waals surface area (Å²) in [6, 6.07) is 35.5. The summed E-state index contributed by atoms with van der Waals surface area (Å²) in [6.07, 6.45) is -0.261. The van der Waals surface area contributed by atoms with Crippen LogP contribution in [0, 0.1) is 0 Å². The third-order valence-corrected chi connectivity index (χ3v) is 7.53. The largest absolute Gasteiger partial charge is 0.481 e. The Kier molecular flexibility index (Phi) is 7.97. The van der Waals surface area contributed by atoms with Gasteiger partial charge < -0.3 is 10.0 Å². The number of carbonyl (C=O) groups excluding carboxylic acids is 1. The van der Waals surface area contributed by atoms with Crippen molar-refractivity contribution in [1.82, 2.24) is 4.90 Å². The van der Waals surface area contributed by atoms with Crippen LogP contribution in [0.5, 0.6) is 0 Å². The van der Waals surface area contributed by atoms with Gasteiger partial charge in [0.1, 0.15) is 0 Å². The highest BCUT2D eigenvalue weighted by molar-refractivity contribution is 6.42. The van der Waals surface area contributed by atoms with E-state index in [4.69, 9.17) is 23.2 Å². The van der Waals surface area contributed by atoms with E-state index in [1.54, 1.807) is 17.0 Å². The zero-order chi connectivity index (χ0) is 27.4. The standard InChI is InChI=1S/C33H25Cl2NO3/c34-29-18-17-26(19-30(29)35)33(39)36(21-27-11-6-10-24-9-4-5-12-28(24)27)31(20-32(37)38)25-15-13-23(14-16-25)22-7-2-1-3-8-22/h1-19,31H,20-21H2,(H,37,38). The highest BCUT2D eigenvalue weighted by atomic mass is 35.5. The summed E-state index contributed by atoms with van der Waals surface area (Å²) in [5.41, 5.74) is 4.03. The Labute approximate surface area is 237 Å². The highest BCUT2D eigenvalue weighted by Gasteiger charge is 2.29. The monoisotopic (exact) mass is 553 g/mol. The zero-order valence-corrected chi connectivity index (χ0v) is 22.4. The van der Waals surface area contributed by atoms with Gasteiger partial charge in [0.05, 0.1) is 22.5 Å². The van der Waals surface area contributed by atoms with E-state index in [-0.39, 0.29) is 23.9 Å². The molecule has 6 heteroatoms. The molecule has 0 saturated carbocycles. The Bertz CT molecular complexity index is 1630. The van der Waals surface area contributed by atoms with E-state index < -0.39 is 12.0 Å². The molecule has 194 valence electrons. The van der Waals surface area contributed by atoms with Gasteiger partial charge >= 0.3 is 5.97 Å². The van der Waals surface area contributed by atoms with Crippen molar-refractivity contribution in [3.8, 4) is 11.1 Å². The molecule has 0 aliphatic carbocycles. The second-order valence-electron chi connectivity index (χ2n) is 9.30. The summed E-state index contributed by atoms with van der Waals surface area (Å²) in [5, 5.41) is 12.6. The van der Waals surface area contributed by atoms with Gasteiger partial charge in [-0.3, -0.25) is 9.59 Å². The Morgan fingerprint density at radius 2 is 1.38 bits per heavy atom. The minimum atomic E-state index is -1.00. The molecule has 0 radical (unpaired) electrons. The van der Waals surface area contributed by atoms with Crippen LogP contribution in [0.2, 0.25) is 10.0 Å². The predicted molar refractivity (Wildman–Crippen MR) is 157 cm³/mol. The van der Waals surface area contributed by atoms with Crippen molar-refractivity contribution >= 4 is 45.9 Å². The van der Waals surface area contributed by atoms with E-state index in [9.17, 15) is 14.7 Å². The van der Waals surface area contributed by atoms with E-state index in [1.165, 1.54) is 6.07 Å².